The molecule has 0 aliphatic carbocycles. The van der Waals surface area contributed by atoms with E-state index in [-0.39, 0.29) is 6.04 Å². The molecule has 0 amide bonds. The lowest BCUT2D eigenvalue weighted by molar-refractivity contribution is 0.412. The standard InChI is InChI=1S/C15H14BrCl2NO/c1-9(10-3-6-13(17)14(18)7-10)19-11-4-5-12(16)15(8-11)20-2/h3-9,19H,1-2H3. The minimum absolute atomic E-state index is 0.107. The smallest absolute Gasteiger partial charge is 0.135 e. The molecule has 0 saturated carbocycles. The summed E-state index contributed by atoms with van der Waals surface area (Å²) in [5.74, 6) is 0.788. The van der Waals surface area contributed by atoms with Crippen LogP contribution < -0.4 is 10.1 Å². The van der Waals surface area contributed by atoms with Gasteiger partial charge in [0.15, 0.2) is 0 Å². The van der Waals surface area contributed by atoms with Gasteiger partial charge in [-0.2, -0.15) is 0 Å². The summed E-state index contributed by atoms with van der Waals surface area (Å²) >= 11 is 15.4. The van der Waals surface area contributed by atoms with Crippen LogP contribution >= 0.6 is 39.1 Å². The second-order valence-electron chi connectivity index (χ2n) is 4.39. The molecule has 1 N–H and O–H groups in total. The van der Waals surface area contributed by atoms with Gasteiger partial charge in [-0.05, 0) is 52.7 Å². The molecule has 5 heteroatoms. The maximum absolute atomic E-state index is 6.04. The third-order valence-electron chi connectivity index (χ3n) is 2.98. The van der Waals surface area contributed by atoms with E-state index in [9.17, 15) is 0 Å². The molecule has 0 spiro atoms. The summed E-state index contributed by atoms with van der Waals surface area (Å²) in [7, 11) is 1.65. The van der Waals surface area contributed by atoms with Crippen LogP contribution in [-0.4, -0.2) is 7.11 Å². The van der Waals surface area contributed by atoms with Crippen molar-refractivity contribution in [3.8, 4) is 5.75 Å². The second-order valence-corrected chi connectivity index (χ2v) is 6.06. The van der Waals surface area contributed by atoms with Gasteiger partial charge in [0.25, 0.3) is 0 Å². The first kappa shape index (κ1) is 15.5. The summed E-state index contributed by atoms with van der Waals surface area (Å²) in [4.78, 5) is 0. The van der Waals surface area contributed by atoms with Crippen LogP contribution in [0.1, 0.15) is 18.5 Å². The Kier molecular flexibility index (Phi) is 5.19. The molecule has 0 aromatic heterocycles. The maximum atomic E-state index is 6.04. The zero-order valence-electron chi connectivity index (χ0n) is 11.1. The van der Waals surface area contributed by atoms with E-state index >= 15 is 0 Å². The normalized spacial score (nSPS) is 12.1. The van der Waals surface area contributed by atoms with Crippen molar-refractivity contribution in [1.29, 1.82) is 0 Å². The molecule has 2 aromatic rings. The molecule has 20 heavy (non-hydrogen) atoms. The molecule has 0 aliphatic rings. The van der Waals surface area contributed by atoms with Crippen LogP contribution in [0.25, 0.3) is 0 Å². The second kappa shape index (κ2) is 6.70. The van der Waals surface area contributed by atoms with E-state index in [1.54, 1.807) is 13.2 Å². The van der Waals surface area contributed by atoms with Crippen molar-refractivity contribution in [1.82, 2.24) is 0 Å². The van der Waals surface area contributed by atoms with Gasteiger partial charge in [0.1, 0.15) is 5.75 Å². The number of methoxy groups -OCH3 is 1. The Bertz CT molecular complexity index is 619. The highest BCUT2D eigenvalue weighted by Crippen LogP contribution is 2.31. The van der Waals surface area contributed by atoms with E-state index in [0.717, 1.165) is 21.5 Å². The lowest BCUT2D eigenvalue weighted by Gasteiger charge is -2.17. The fraction of sp³-hybridized carbons (Fsp3) is 0.200. The molecule has 0 fully saturated rings. The largest absolute Gasteiger partial charge is 0.495 e. The number of hydrogen-bond acceptors (Lipinski definition) is 2. The maximum Gasteiger partial charge on any atom is 0.135 e. The van der Waals surface area contributed by atoms with Gasteiger partial charge in [-0.15, -0.1) is 0 Å². The van der Waals surface area contributed by atoms with Crippen molar-refractivity contribution in [2.45, 2.75) is 13.0 Å². The Morgan fingerprint density at radius 1 is 1.10 bits per heavy atom. The van der Waals surface area contributed by atoms with Gasteiger partial charge in [0.05, 0.1) is 21.6 Å². The average Bonchev–Trinajstić information content (AvgIpc) is 2.43. The van der Waals surface area contributed by atoms with Crippen LogP contribution in [-0.2, 0) is 0 Å². The summed E-state index contributed by atoms with van der Waals surface area (Å²) in [6, 6.07) is 11.6. The average molecular weight is 375 g/mol. The molecule has 0 radical (unpaired) electrons. The van der Waals surface area contributed by atoms with Gasteiger partial charge >= 0.3 is 0 Å². The summed E-state index contributed by atoms with van der Waals surface area (Å²) in [6.45, 7) is 2.06. The van der Waals surface area contributed by atoms with E-state index < -0.39 is 0 Å². The van der Waals surface area contributed by atoms with Crippen LogP contribution in [0, 0.1) is 0 Å². The molecule has 0 bridgehead atoms. The van der Waals surface area contributed by atoms with Crippen LogP contribution in [0.4, 0.5) is 5.69 Å². The molecule has 2 nitrogen and oxygen atoms in total. The first-order chi connectivity index (χ1) is 9.51. The molecule has 1 unspecified atom stereocenters. The van der Waals surface area contributed by atoms with Crippen LogP contribution in [0.15, 0.2) is 40.9 Å². The van der Waals surface area contributed by atoms with Crippen molar-refractivity contribution in [2.24, 2.45) is 0 Å². The number of rotatable bonds is 4. The summed E-state index contributed by atoms with van der Waals surface area (Å²) < 4.78 is 6.21. The molecular weight excluding hydrogens is 361 g/mol. The predicted molar refractivity (Wildman–Crippen MR) is 89.2 cm³/mol. The van der Waals surface area contributed by atoms with Crippen molar-refractivity contribution >= 4 is 44.8 Å². The summed E-state index contributed by atoms with van der Waals surface area (Å²) in [5.41, 5.74) is 2.05. The van der Waals surface area contributed by atoms with Crippen LogP contribution in [0.2, 0.25) is 10.0 Å². The molecule has 2 aromatic carbocycles. The van der Waals surface area contributed by atoms with Gasteiger partial charge in [-0.25, -0.2) is 0 Å². The Morgan fingerprint density at radius 2 is 1.85 bits per heavy atom. The number of benzene rings is 2. The van der Waals surface area contributed by atoms with Gasteiger partial charge < -0.3 is 10.1 Å². The Hall–Kier alpha value is -0.900. The van der Waals surface area contributed by atoms with Crippen molar-refractivity contribution < 1.29 is 4.74 Å². The topological polar surface area (TPSA) is 21.3 Å². The van der Waals surface area contributed by atoms with E-state index in [1.165, 1.54) is 0 Å². The highest BCUT2D eigenvalue weighted by molar-refractivity contribution is 9.10. The van der Waals surface area contributed by atoms with Crippen LogP contribution in [0.3, 0.4) is 0 Å². The zero-order valence-corrected chi connectivity index (χ0v) is 14.2. The zero-order chi connectivity index (χ0) is 14.7. The number of hydrogen-bond donors (Lipinski definition) is 1. The third-order valence-corrected chi connectivity index (χ3v) is 4.37. The van der Waals surface area contributed by atoms with Crippen molar-refractivity contribution in [3.05, 3.63) is 56.5 Å². The van der Waals surface area contributed by atoms with E-state index in [4.69, 9.17) is 27.9 Å². The Morgan fingerprint density at radius 3 is 2.50 bits per heavy atom. The van der Waals surface area contributed by atoms with Gasteiger partial charge in [-0.1, -0.05) is 29.3 Å². The Labute approximate surface area is 137 Å². The fourth-order valence-corrected chi connectivity index (χ4v) is 2.58. The molecular formula is C15H14BrCl2NO. The molecule has 0 heterocycles. The summed E-state index contributed by atoms with van der Waals surface area (Å²) in [6.07, 6.45) is 0. The molecule has 106 valence electrons. The van der Waals surface area contributed by atoms with Crippen molar-refractivity contribution in [2.75, 3.05) is 12.4 Å². The van der Waals surface area contributed by atoms with Gasteiger partial charge in [-0.3, -0.25) is 0 Å². The summed E-state index contributed by atoms with van der Waals surface area (Å²) in [5, 5.41) is 4.53. The SMILES string of the molecule is COc1cc(NC(C)c2ccc(Cl)c(Cl)c2)ccc1Br. The monoisotopic (exact) mass is 373 g/mol. The highest BCUT2D eigenvalue weighted by Gasteiger charge is 2.09. The number of ether oxygens (including phenoxy) is 1. The minimum atomic E-state index is 0.107. The van der Waals surface area contributed by atoms with Crippen LogP contribution in [0.5, 0.6) is 5.75 Å². The van der Waals surface area contributed by atoms with E-state index in [0.29, 0.717) is 10.0 Å². The number of nitrogens with one attached hydrogen (secondary N) is 1. The lowest BCUT2D eigenvalue weighted by Crippen LogP contribution is -2.06. The fourth-order valence-electron chi connectivity index (χ4n) is 1.86. The van der Waals surface area contributed by atoms with Crippen molar-refractivity contribution in [3.63, 3.8) is 0 Å². The highest BCUT2D eigenvalue weighted by atomic mass is 79.9. The molecule has 0 saturated heterocycles. The van der Waals surface area contributed by atoms with Gasteiger partial charge in [0, 0.05) is 17.8 Å². The Balaban J connectivity index is 2.18. The number of halogens is 3. The van der Waals surface area contributed by atoms with Gasteiger partial charge in [0.2, 0.25) is 0 Å². The predicted octanol–water partition coefficient (Wildman–Crippen LogP) is 5.94. The molecule has 1 atom stereocenters. The lowest BCUT2D eigenvalue weighted by atomic mass is 10.1. The number of anilines is 1. The first-order valence-corrected chi connectivity index (χ1v) is 7.61. The minimum Gasteiger partial charge on any atom is -0.495 e. The van der Waals surface area contributed by atoms with E-state index in [1.807, 2.05) is 30.3 Å². The molecule has 2 rings (SSSR count). The molecule has 0 aliphatic heterocycles. The third kappa shape index (κ3) is 3.60. The van der Waals surface area contributed by atoms with E-state index in [2.05, 4.69) is 28.2 Å². The first-order valence-electron chi connectivity index (χ1n) is 6.06. The quantitative estimate of drug-likeness (QED) is 0.715.